The Morgan fingerprint density at radius 3 is 2.73 bits per heavy atom. The van der Waals surface area contributed by atoms with Gasteiger partial charge in [-0.05, 0) is 20.0 Å². The molecule has 0 spiro atoms. The number of halogens is 1. The highest BCUT2D eigenvalue weighted by Crippen LogP contribution is 2.40. The highest BCUT2D eigenvalue weighted by molar-refractivity contribution is 8.00. The van der Waals surface area contributed by atoms with Gasteiger partial charge in [-0.15, -0.1) is 11.8 Å². The third-order valence-electron chi connectivity index (χ3n) is 7.15. The predicted octanol–water partition coefficient (Wildman–Crippen LogP) is 0.0551. The Labute approximate surface area is 268 Å². The lowest BCUT2D eigenvalue weighted by Gasteiger charge is -2.49. The Morgan fingerprint density at radius 1 is 1.33 bits per heavy atom. The Bertz CT molecular complexity index is 1770. The molecule has 5 rings (SSSR count). The molecule has 0 aromatic carbocycles. The molecule has 0 aliphatic carbocycles. The maximum atomic E-state index is 13.3. The zero-order chi connectivity index (χ0) is 32.6. The van der Waals surface area contributed by atoms with Crippen LogP contribution in [0.4, 0.5) is 10.9 Å². The van der Waals surface area contributed by atoms with Gasteiger partial charge in [0.1, 0.15) is 38.5 Å². The number of carboxylic acids is 2. The standard InChI is InChI=1S/C26H28ClN9O7S2/c1-11(24(39)40)43-33-17(16-20(27)45-26(29)32-16)21(37)31-18-22(38)36-19(25(41)42)12(10-44-23(18)36)9-34-6-3-4-13-14(34)8-15(28)35(13)7-5-30-2/h3-4,6,8,11,18,23,28,30H,5,7,9-10H2,1-2H3,(H5,29,31,32,37,39,40,41,42)/p+1/b33-17-/t11-,18?,23?/m0/s1. The molecule has 3 aromatic heterocycles. The van der Waals surface area contributed by atoms with Crippen molar-refractivity contribution in [2.45, 2.75) is 37.5 Å². The summed E-state index contributed by atoms with van der Waals surface area (Å²) in [6.45, 7) is 2.74. The number of β-lactam (4-membered cyclic amide) rings is 1. The first-order valence-electron chi connectivity index (χ1n) is 13.4. The molecule has 2 amide bonds. The van der Waals surface area contributed by atoms with Gasteiger partial charge in [0.2, 0.25) is 11.6 Å². The quantitative estimate of drug-likeness (QED) is 0.0646. The number of fused-ring (bicyclic) bond motifs is 2. The largest absolute Gasteiger partial charge is 0.478 e. The van der Waals surface area contributed by atoms with Gasteiger partial charge in [-0.1, -0.05) is 28.1 Å². The predicted molar refractivity (Wildman–Crippen MR) is 166 cm³/mol. The first-order valence-corrected chi connectivity index (χ1v) is 15.7. The number of likely N-dealkylation sites (N-methyl/N-ethyl adjacent to an activating group) is 1. The molecule has 2 aliphatic heterocycles. The average molecular weight is 679 g/mol. The summed E-state index contributed by atoms with van der Waals surface area (Å²) in [4.78, 5) is 60.4. The van der Waals surface area contributed by atoms with E-state index in [2.05, 4.69) is 20.8 Å². The van der Waals surface area contributed by atoms with Gasteiger partial charge in [-0.3, -0.25) is 14.5 Å². The summed E-state index contributed by atoms with van der Waals surface area (Å²) in [6, 6.07) is 4.49. The summed E-state index contributed by atoms with van der Waals surface area (Å²) in [5, 5.41) is 27.9. The zero-order valence-electron chi connectivity index (χ0n) is 23.9. The van der Waals surface area contributed by atoms with Crippen LogP contribution in [0.3, 0.4) is 0 Å². The molecule has 16 nitrogen and oxygen atoms in total. The monoisotopic (exact) mass is 678 g/mol. The van der Waals surface area contributed by atoms with Crippen LogP contribution in [-0.2, 0) is 37.1 Å². The molecule has 8 N–H and O–H groups in total. The van der Waals surface area contributed by atoms with Crippen molar-refractivity contribution in [2.75, 3.05) is 30.8 Å². The van der Waals surface area contributed by atoms with E-state index in [4.69, 9.17) is 33.0 Å². The summed E-state index contributed by atoms with van der Waals surface area (Å²) in [5.41, 5.74) is 13.4. The third kappa shape index (κ3) is 6.13. The van der Waals surface area contributed by atoms with Gasteiger partial charge in [-0.25, -0.2) is 14.6 Å². The van der Waals surface area contributed by atoms with E-state index in [0.29, 0.717) is 24.5 Å². The molecule has 3 atom stereocenters. The van der Waals surface area contributed by atoms with E-state index in [-0.39, 0.29) is 33.2 Å². The number of nitrogens with two attached hydrogens (primary N) is 2. The van der Waals surface area contributed by atoms with Gasteiger partial charge in [0.15, 0.2) is 23.6 Å². The number of nitrogens with zero attached hydrogens (tertiary/aromatic N) is 5. The Kier molecular flexibility index (Phi) is 9.19. The number of thioether (sulfide) groups is 1. The first-order chi connectivity index (χ1) is 21.4. The number of thiazole rings is 1. The van der Waals surface area contributed by atoms with Crippen molar-refractivity contribution in [1.29, 1.82) is 0 Å². The number of carbonyl (C=O) groups excluding carboxylic acids is 2. The fourth-order valence-electron chi connectivity index (χ4n) is 4.96. The zero-order valence-corrected chi connectivity index (χ0v) is 26.3. The summed E-state index contributed by atoms with van der Waals surface area (Å²) < 4.78 is 3.84. The third-order valence-corrected chi connectivity index (χ3v) is 9.58. The maximum absolute atomic E-state index is 13.3. The number of aromatic nitrogens is 3. The lowest BCUT2D eigenvalue weighted by Crippen LogP contribution is -2.71. The average Bonchev–Trinajstić information content (AvgIpc) is 3.51. The van der Waals surface area contributed by atoms with Gasteiger partial charge in [0.25, 0.3) is 11.8 Å². The number of carboxylic acid groups (broad SMARTS) is 2. The second-order valence-corrected chi connectivity index (χ2v) is 12.8. The van der Waals surface area contributed by atoms with Crippen LogP contribution in [0, 0.1) is 0 Å². The summed E-state index contributed by atoms with van der Waals surface area (Å²) in [5.74, 6) is -3.38. The van der Waals surface area contributed by atoms with E-state index in [1.165, 1.54) is 18.7 Å². The molecular weight excluding hydrogens is 650 g/mol. The van der Waals surface area contributed by atoms with Gasteiger partial charge in [-0.2, -0.15) is 4.57 Å². The van der Waals surface area contributed by atoms with Crippen molar-refractivity contribution in [3.8, 4) is 0 Å². The van der Waals surface area contributed by atoms with Gasteiger partial charge >= 0.3 is 11.9 Å². The fourth-order valence-corrected chi connectivity index (χ4v) is 7.22. The van der Waals surface area contributed by atoms with Crippen molar-refractivity contribution in [3.05, 3.63) is 45.7 Å². The molecule has 5 heterocycles. The van der Waals surface area contributed by atoms with E-state index in [0.717, 1.165) is 27.3 Å². The summed E-state index contributed by atoms with van der Waals surface area (Å²) >= 11 is 8.32. The number of nitrogens with one attached hydrogen (secondary N) is 2. The van der Waals surface area contributed by atoms with E-state index in [1.54, 1.807) is 0 Å². The highest BCUT2D eigenvalue weighted by Gasteiger charge is 2.55. The van der Waals surface area contributed by atoms with Gasteiger partial charge in [0.05, 0.1) is 6.07 Å². The number of hydrogen-bond donors (Lipinski definition) is 6. The normalized spacial score (nSPS) is 18.9. The SMILES string of the molecule is CNCCn1c(N)cc2c1ccc[n+]2CC1=C(C(=O)O)N2C(=O)C(NC(=O)/C(=N\O[C@@H](C)C(=O)O)c3nc(N)sc3Cl)C2SC1. The van der Waals surface area contributed by atoms with Crippen molar-refractivity contribution in [3.63, 3.8) is 0 Å². The minimum Gasteiger partial charge on any atom is -0.478 e. The molecule has 2 aliphatic rings. The van der Waals surface area contributed by atoms with Crippen molar-refractivity contribution < 1.29 is 38.8 Å². The number of aliphatic carboxylic acids is 2. The molecule has 3 aromatic rings. The molecule has 19 heteroatoms. The Hall–Kier alpha value is -4.39. The van der Waals surface area contributed by atoms with Crippen molar-refractivity contribution in [1.82, 2.24) is 25.1 Å². The molecule has 0 radical (unpaired) electrons. The first kappa shape index (κ1) is 32.0. The number of pyridine rings is 1. The minimum absolute atomic E-state index is 0.00558. The van der Waals surface area contributed by atoms with Crippen LogP contribution in [-0.4, -0.2) is 91.0 Å². The maximum Gasteiger partial charge on any atom is 0.352 e. The van der Waals surface area contributed by atoms with Gasteiger partial charge < -0.3 is 41.7 Å². The number of anilines is 2. The Balaban J connectivity index is 1.39. The van der Waals surface area contributed by atoms with Gasteiger partial charge in [0, 0.05) is 30.5 Å². The number of rotatable bonds is 12. The second kappa shape index (κ2) is 12.9. The molecule has 2 unspecified atom stereocenters. The van der Waals surface area contributed by atoms with E-state index >= 15 is 0 Å². The Morgan fingerprint density at radius 2 is 2.09 bits per heavy atom. The molecule has 1 saturated heterocycles. The van der Waals surface area contributed by atoms with Crippen LogP contribution >= 0.6 is 34.7 Å². The summed E-state index contributed by atoms with van der Waals surface area (Å²) in [7, 11) is 1.85. The minimum atomic E-state index is -1.41. The van der Waals surface area contributed by atoms with E-state index < -0.39 is 47.0 Å². The van der Waals surface area contributed by atoms with E-state index in [1.807, 2.05) is 40.6 Å². The number of oxime groups is 1. The van der Waals surface area contributed by atoms with Crippen molar-refractivity contribution >= 4 is 86.1 Å². The van der Waals surface area contributed by atoms with E-state index in [9.17, 15) is 24.3 Å². The smallest absolute Gasteiger partial charge is 0.352 e. The summed E-state index contributed by atoms with van der Waals surface area (Å²) in [6.07, 6.45) is 0.407. The number of carbonyl (C=O) groups is 4. The topological polar surface area (TPSA) is 231 Å². The molecular formula is C26H29ClN9O7S2+. The van der Waals surface area contributed by atoms with Crippen LogP contribution in [0.1, 0.15) is 12.6 Å². The molecule has 238 valence electrons. The number of nitrogen functional groups attached to an aromatic ring is 2. The highest BCUT2D eigenvalue weighted by atomic mass is 35.5. The molecule has 0 saturated carbocycles. The molecule has 0 bridgehead atoms. The van der Waals surface area contributed by atoms with Crippen LogP contribution in [0.2, 0.25) is 4.34 Å². The molecule has 1 fully saturated rings. The fraction of sp³-hybridized carbons (Fsp3) is 0.346. The number of amides is 2. The second-order valence-electron chi connectivity index (χ2n) is 10.0. The van der Waals surface area contributed by atoms with Crippen LogP contribution in [0.25, 0.3) is 11.0 Å². The lowest BCUT2D eigenvalue weighted by atomic mass is 10.0. The lowest BCUT2D eigenvalue weighted by molar-refractivity contribution is -0.663. The van der Waals surface area contributed by atoms with Crippen LogP contribution in [0.15, 0.2) is 40.8 Å². The van der Waals surface area contributed by atoms with Crippen LogP contribution in [0.5, 0.6) is 0 Å². The van der Waals surface area contributed by atoms with Crippen molar-refractivity contribution in [2.24, 2.45) is 5.16 Å². The molecule has 45 heavy (non-hydrogen) atoms. The number of hydrogen-bond acceptors (Lipinski definition) is 12. The van der Waals surface area contributed by atoms with Crippen LogP contribution < -0.4 is 26.7 Å².